The van der Waals surface area contributed by atoms with Crippen molar-refractivity contribution in [2.45, 2.75) is 24.2 Å². The highest BCUT2D eigenvalue weighted by atomic mass is 32.2. The van der Waals surface area contributed by atoms with Crippen LogP contribution >= 0.6 is 11.8 Å². The fourth-order valence-electron chi connectivity index (χ4n) is 3.15. The van der Waals surface area contributed by atoms with Crippen molar-refractivity contribution in [3.63, 3.8) is 0 Å². The van der Waals surface area contributed by atoms with Crippen molar-refractivity contribution in [1.82, 2.24) is 5.32 Å². The Morgan fingerprint density at radius 3 is 2.67 bits per heavy atom. The second kappa shape index (κ2) is 8.95. The molecule has 2 aromatic carbocycles. The summed E-state index contributed by atoms with van der Waals surface area (Å²) in [6.45, 7) is 2.62. The lowest BCUT2D eigenvalue weighted by molar-refractivity contribution is -0.141. The molecule has 2 atom stereocenters. The first-order valence-electron chi connectivity index (χ1n) is 9.02. The molecule has 3 rings (SSSR count). The normalized spacial score (nSPS) is 16.4. The van der Waals surface area contributed by atoms with Crippen LogP contribution in [0.4, 0.5) is 0 Å². The Bertz CT molecular complexity index is 806. The van der Waals surface area contributed by atoms with Gasteiger partial charge in [-0.1, -0.05) is 30.3 Å². The van der Waals surface area contributed by atoms with E-state index in [-0.39, 0.29) is 18.4 Å². The summed E-state index contributed by atoms with van der Waals surface area (Å²) in [6, 6.07) is 15.3. The molecular formula is C21H23NO4S. The van der Waals surface area contributed by atoms with Crippen molar-refractivity contribution in [2.24, 2.45) is 5.92 Å². The van der Waals surface area contributed by atoms with Crippen LogP contribution in [0, 0.1) is 5.92 Å². The van der Waals surface area contributed by atoms with Gasteiger partial charge in [0.25, 0.3) is 0 Å². The second-order valence-electron chi connectivity index (χ2n) is 6.46. The number of hydrogen-bond donors (Lipinski definition) is 2. The number of amides is 1. The zero-order chi connectivity index (χ0) is 19.2. The number of hydrogen-bond acceptors (Lipinski definition) is 4. The molecular weight excluding hydrogens is 362 g/mol. The molecule has 0 spiro atoms. The van der Waals surface area contributed by atoms with E-state index >= 15 is 0 Å². The topological polar surface area (TPSA) is 75.6 Å². The molecule has 2 N–H and O–H groups in total. The highest BCUT2D eigenvalue weighted by molar-refractivity contribution is 7.99. The molecule has 0 saturated carbocycles. The summed E-state index contributed by atoms with van der Waals surface area (Å²) in [6.07, 6.45) is 0.359. The number of carboxylic acids is 1. The van der Waals surface area contributed by atoms with Crippen molar-refractivity contribution in [3.8, 4) is 5.75 Å². The summed E-state index contributed by atoms with van der Waals surface area (Å²) < 4.78 is 5.40. The summed E-state index contributed by atoms with van der Waals surface area (Å²) in [5, 5.41) is 12.4. The van der Waals surface area contributed by atoms with Crippen LogP contribution in [0.3, 0.4) is 0 Å². The van der Waals surface area contributed by atoms with E-state index < -0.39 is 11.9 Å². The SMILES string of the molecule is CCOc1ccc(CC(CNC(=O)C2CSc3ccccc32)C(=O)O)cc1. The first-order chi connectivity index (χ1) is 13.1. The van der Waals surface area contributed by atoms with E-state index in [9.17, 15) is 14.7 Å². The first kappa shape index (κ1) is 19.3. The van der Waals surface area contributed by atoms with Crippen molar-refractivity contribution in [3.05, 3.63) is 59.7 Å². The number of carbonyl (C=O) groups excluding carboxylic acids is 1. The van der Waals surface area contributed by atoms with E-state index in [0.717, 1.165) is 21.8 Å². The van der Waals surface area contributed by atoms with Crippen molar-refractivity contribution in [2.75, 3.05) is 18.9 Å². The molecule has 1 heterocycles. The van der Waals surface area contributed by atoms with E-state index in [2.05, 4.69) is 5.32 Å². The highest BCUT2D eigenvalue weighted by Crippen LogP contribution is 2.39. The predicted molar refractivity (Wildman–Crippen MR) is 105 cm³/mol. The lowest BCUT2D eigenvalue weighted by Gasteiger charge is -2.16. The summed E-state index contributed by atoms with van der Waals surface area (Å²) >= 11 is 1.66. The van der Waals surface area contributed by atoms with Gasteiger partial charge in [0.2, 0.25) is 5.91 Å². The zero-order valence-electron chi connectivity index (χ0n) is 15.2. The Morgan fingerprint density at radius 2 is 1.96 bits per heavy atom. The number of aliphatic carboxylic acids is 1. The van der Waals surface area contributed by atoms with Gasteiger partial charge in [-0.3, -0.25) is 9.59 Å². The van der Waals surface area contributed by atoms with Crippen LogP contribution in [0.15, 0.2) is 53.4 Å². The standard InChI is InChI=1S/C21H23NO4S/c1-2-26-16-9-7-14(8-10-16)11-15(21(24)25)12-22-20(23)18-13-27-19-6-4-3-5-17(18)19/h3-10,15,18H,2,11-13H2,1H3,(H,22,23)(H,24,25). The third-order valence-corrected chi connectivity index (χ3v) is 5.79. The number of benzene rings is 2. The lowest BCUT2D eigenvalue weighted by Crippen LogP contribution is -2.37. The molecule has 142 valence electrons. The molecule has 2 aromatic rings. The molecule has 1 amide bonds. The molecule has 1 aliphatic heterocycles. The van der Waals surface area contributed by atoms with Crippen LogP contribution in [0.2, 0.25) is 0 Å². The minimum atomic E-state index is -0.912. The van der Waals surface area contributed by atoms with E-state index in [1.165, 1.54) is 0 Å². The monoisotopic (exact) mass is 385 g/mol. The Labute approximate surface area is 163 Å². The Morgan fingerprint density at radius 1 is 1.22 bits per heavy atom. The summed E-state index contributed by atoms with van der Waals surface area (Å²) in [5.74, 6) is -0.446. The lowest BCUT2D eigenvalue weighted by atomic mass is 9.97. The Balaban J connectivity index is 1.58. The third kappa shape index (κ3) is 4.83. The summed E-state index contributed by atoms with van der Waals surface area (Å²) in [7, 11) is 0. The van der Waals surface area contributed by atoms with Gasteiger partial charge in [0, 0.05) is 17.2 Å². The fourth-order valence-corrected chi connectivity index (χ4v) is 4.38. The van der Waals surface area contributed by atoms with Gasteiger partial charge in [0.05, 0.1) is 18.4 Å². The maximum Gasteiger partial charge on any atom is 0.308 e. The van der Waals surface area contributed by atoms with Gasteiger partial charge >= 0.3 is 5.97 Å². The maximum absolute atomic E-state index is 12.6. The Hall–Kier alpha value is -2.47. The van der Waals surface area contributed by atoms with Gasteiger partial charge in [-0.05, 0) is 42.7 Å². The number of carboxylic acid groups (broad SMARTS) is 1. The number of carbonyl (C=O) groups is 2. The number of nitrogens with one attached hydrogen (secondary N) is 1. The van der Waals surface area contributed by atoms with Crippen LogP contribution in [0.1, 0.15) is 24.0 Å². The molecule has 2 unspecified atom stereocenters. The molecule has 0 saturated heterocycles. The van der Waals surface area contributed by atoms with E-state index in [1.807, 2.05) is 55.5 Å². The smallest absolute Gasteiger partial charge is 0.308 e. The van der Waals surface area contributed by atoms with Crippen LogP contribution in [0.25, 0.3) is 0 Å². The summed E-state index contributed by atoms with van der Waals surface area (Å²) in [5.41, 5.74) is 1.93. The maximum atomic E-state index is 12.6. The molecule has 0 aromatic heterocycles. The van der Waals surface area contributed by atoms with Crippen molar-refractivity contribution >= 4 is 23.6 Å². The van der Waals surface area contributed by atoms with Gasteiger partial charge in [-0.15, -0.1) is 11.8 Å². The predicted octanol–water partition coefficient (Wildman–Crippen LogP) is 3.33. The minimum Gasteiger partial charge on any atom is -0.494 e. The summed E-state index contributed by atoms with van der Waals surface area (Å²) in [4.78, 5) is 25.3. The van der Waals surface area contributed by atoms with Crippen LogP contribution in [0.5, 0.6) is 5.75 Å². The average Bonchev–Trinajstić information content (AvgIpc) is 3.10. The van der Waals surface area contributed by atoms with Crippen LogP contribution in [-0.4, -0.2) is 35.9 Å². The largest absolute Gasteiger partial charge is 0.494 e. The molecule has 1 aliphatic rings. The molecule has 5 nitrogen and oxygen atoms in total. The van der Waals surface area contributed by atoms with Crippen molar-refractivity contribution < 1.29 is 19.4 Å². The zero-order valence-corrected chi connectivity index (χ0v) is 16.0. The molecule has 6 heteroatoms. The average molecular weight is 385 g/mol. The molecule has 0 aliphatic carbocycles. The number of rotatable bonds is 8. The minimum absolute atomic E-state index is 0.106. The number of fused-ring (bicyclic) bond motifs is 1. The van der Waals surface area contributed by atoms with Crippen LogP contribution < -0.4 is 10.1 Å². The van der Waals surface area contributed by atoms with E-state index in [4.69, 9.17) is 4.74 Å². The van der Waals surface area contributed by atoms with Gasteiger partial charge in [-0.25, -0.2) is 0 Å². The van der Waals surface area contributed by atoms with Gasteiger partial charge in [-0.2, -0.15) is 0 Å². The van der Waals surface area contributed by atoms with Gasteiger partial charge < -0.3 is 15.2 Å². The van der Waals surface area contributed by atoms with E-state index in [0.29, 0.717) is 18.8 Å². The highest BCUT2D eigenvalue weighted by Gasteiger charge is 2.29. The molecule has 0 bridgehead atoms. The quantitative estimate of drug-likeness (QED) is 0.729. The second-order valence-corrected chi connectivity index (χ2v) is 7.52. The third-order valence-electron chi connectivity index (χ3n) is 4.60. The van der Waals surface area contributed by atoms with Gasteiger partial charge in [0.15, 0.2) is 0 Å². The van der Waals surface area contributed by atoms with Gasteiger partial charge in [0.1, 0.15) is 5.75 Å². The number of thioether (sulfide) groups is 1. The van der Waals surface area contributed by atoms with Crippen molar-refractivity contribution in [1.29, 1.82) is 0 Å². The number of ether oxygens (including phenoxy) is 1. The van der Waals surface area contributed by atoms with E-state index in [1.54, 1.807) is 11.8 Å². The Kier molecular flexibility index (Phi) is 6.40. The van der Waals surface area contributed by atoms with Crippen LogP contribution in [-0.2, 0) is 16.0 Å². The molecule has 27 heavy (non-hydrogen) atoms. The molecule has 0 fully saturated rings. The molecule has 0 radical (unpaired) electrons. The fraction of sp³-hybridized carbons (Fsp3) is 0.333. The first-order valence-corrected chi connectivity index (χ1v) is 10.0.